The fourth-order valence-electron chi connectivity index (χ4n) is 6.63. The van der Waals surface area contributed by atoms with E-state index in [9.17, 15) is 19.2 Å². The number of hydrazine groups is 1. The number of fused-ring (bicyclic) bond motifs is 2. The van der Waals surface area contributed by atoms with E-state index in [4.69, 9.17) is 16.1 Å². The van der Waals surface area contributed by atoms with Gasteiger partial charge in [-0.05, 0) is 54.1 Å². The maximum absolute atomic E-state index is 14.4. The zero-order chi connectivity index (χ0) is 30.8. The molecule has 0 bridgehead atoms. The summed E-state index contributed by atoms with van der Waals surface area (Å²) in [4.78, 5) is 66.7. The van der Waals surface area contributed by atoms with Gasteiger partial charge in [0, 0.05) is 23.0 Å². The van der Waals surface area contributed by atoms with Gasteiger partial charge in [-0.25, -0.2) is 9.91 Å². The Morgan fingerprint density at radius 2 is 1.42 bits per heavy atom. The van der Waals surface area contributed by atoms with Crippen molar-refractivity contribution in [2.45, 2.75) is 12.1 Å². The number of anilines is 1. The van der Waals surface area contributed by atoms with E-state index < -0.39 is 47.5 Å². The number of pyridine rings is 1. The number of hydrogen-bond acceptors (Lipinski definition) is 9. The summed E-state index contributed by atoms with van der Waals surface area (Å²) in [6.07, 6.45) is 3.16. The van der Waals surface area contributed by atoms with E-state index in [1.165, 1.54) is 5.01 Å². The molecule has 4 amide bonds. The number of nitrogens with zero attached hydrogens (tertiary/aromatic N) is 6. The second-order valence-electron chi connectivity index (χ2n) is 10.9. The van der Waals surface area contributed by atoms with Crippen LogP contribution in [0.15, 0.2) is 108 Å². The summed E-state index contributed by atoms with van der Waals surface area (Å²) in [5, 5.41) is 6.99. The molecule has 11 nitrogen and oxygen atoms in total. The average molecular weight is 617 g/mol. The van der Waals surface area contributed by atoms with E-state index >= 15 is 0 Å². The lowest BCUT2D eigenvalue weighted by atomic mass is 9.86. The third-order valence-corrected chi connectivity index (χ3v) is 8.71. The van der Waals surface area contributed by atoms with Gasteiger partial charge >= 0.3 is 0 Å². The van der Waals surface area contributed by atoms with E-state index in [0.717, 1.165) is 9.91 Å². The number of rotatable bonds is 5. The molecule has 3 aliphatic rings. The molecule has 4 atom stereocenters. The lowest BCUT2D eigenvalue weighted by Gasteiger charge is -2.37. The Bertz CT molecular complexity index is 1980. The number of carbonyl (C=O) groups excluding carboxylic acids is 4. The molecule has 5 aromatic rings. The molecule has 3 aliphatic heterocycles. The highest BCUT2D eigenvalue weighted by atomic mass is 35.5. The molecule has 8 rings (SSSR count). The monoisotopic (exact) mass is 616 g/mol. The summed E-state index contributed by atoms with van der Waals surface area (Å²) in [5.74, 6) is -4.20. The van der Waals surface area contributed by atoms with Crippen molar-refractivity contribution in [2.24, 2.45) is 11.8 Å². The second-order valence-corrected chi connectivity index (χ2v) is 11.3. The Labute approximate surface area is 260 Å². The molecular formula is C33H21ClN6O5. The van der Waals surface area contributed by atoms with Gasteiger partial charge in [-0.1, -0.05) is 59.2 Å². The van der Waals surface area contributed by atoms with Crippen LogP contribution in [0.3, 0.4) is 0 Å². The van der Waals surface area contributed by atoms with Gasteiger partial charge < -0.3 is 4.52 Å². The molecule has 0 radical (unpaired) electrons. The largest absolute Gasteiger partial charge is 0.337 e. The maximum atomic E-state index is 14.4. The van der Waals surface area contributed by atoms with Gasteiger partial charge in [-0.15, -0.1) is 0 Å². The number of aromatic nitrogens is 3. The van der Waals surface area contributed by atoms with Crippen LogP contribution in [0, 0.1) is 11.8 Å². The Kier molecular flexibility index (Phi) is 6.19. The number of halogens is 1. The molecular weight excluding hydrogens is 596 g/mol. The average Bonchev–Trinajstić information content (AvgIpc) is 3.80. The molecule has 0 spiro atoms. The van der Waals surface area contributed by atoms with Crippen molar-refractivity contribution in [3.63, 3.8) is 0 Å². The first-order valence-electron chi connectivity index (χ1n) is 14.1. The number of imide groups is 2. The predicted molar refractivity (Wildman–Crippen MR) is 159 cm³/mol. The zero-order valence-electron chi connectivity index (χ0n) is 23.2. The summed E-state index contributed by atoms with van der Waals surface area (Å²) >= 11 is 6.44. The first kappa shape index (κ1) is 27.1. The standard InChI is InChI=1S/C33H21ClN6O5/c34-20-10-6-8-18(16-20)26-24-25(33(44)38(32(24)43)21-11-2-1-3-12-21)27(29-36-28(37-45-29)19-9-7-15-35-17-19)39(26)40-30(41)22-13-4-5-14-23(22)31(40)42/h1-17,24-27H. The van der Waals surface area contributed by atoms with Crippen LogP contribution in [0.2, 0.25) is 5.02 Å². The Balaban J connectivity index is 1.35. The number of amides is 4. The molecule has 2 saturated heterocycles. The minimum Gasteiger partial charge on any atom is -0.337 e. The van der Waals surface area contributed by atoms with Crippen molar-refractivity contribution in [1.29, 1.82) is 0 Å². The van der Waals surface area contributed by atoms with Crippen molar-refractivity contribution >= 4 is 40.9 Å². The van der Waals surface area contributed by atoms with Crippen molar-refractivity contribution in [2.75, 3.05) is 4.90 Å². The molecule has 0 N–H and O–H groups in total. The van der Waals surface area contributed by atoms with E-state index in [1.807, 2.05) is 0 Å². The van der Waals surface area contributed by atoms with Crippen LogP contribution in [0.4, 0.5) is 5.69 Å². The third-order valence-electron chi connectivity index (χ3n) is 8.47. The lowest BCUT2D eigenvalue weighted by molar-refractivity contribution is -0.126. The smallest absolute Gasteiger partial charge is 0.276 e. The molecule has 3 aromatic carbocycles. The summed E-state index contributed by atoms with van der Waals surface area (Å²) in [5.41, 5.74) is 1.89. The fraction of sp³-hybridized carbons (Fsp3) is 0.121. The van der Waals surface area contributed by atoms with Crippen molar-refractivity contribution in [1.82, 2.24) is 25.1 Å². The molecule has 12 heteroatoms. The number of hydrogen-bond donors (Lipinski definition) is 0. The Hall–Kier alpha value is -5.52. The van der Waals surface area contributed by atoms with Crippen LogP contribution in [-0.4, -0.2) is 48.8 Å². The first-order chi connectivity index (χ1) is 21.9. The van der Waals surface area contributed by atoms with Crippen LogP contribution < -0.4 is 4.90 Å². The van der Waals surface area contributed by atoms with Crippen LogP contribution in [0.5, 0.6) is 0 Å². The van der Waals surface area contributed by atoms with Crippen LogP contribution in [0.25, 0.3) is 11.4 Å². The van der Waals surface area contributed by atoms with Gasteiger partial charge in [0.2, 0.25) is 23.5 Å². The molecule has 45 heavy (non-hydrogen) atoms. The van der Waals surface area contributed by atoms with E-state index in [0.29, 0.717) is 21.8 Å². The van der Waals surface area contributed by atoms with Crippen molar-refractivity contribution in [3.05, 3.63) is 131 Å². The van der Waals surface area contributed by atoms with Crippen molar-refractivity contribution < 1.29 is 23.7 Å². The van der Waals surface area contributed by atoms with E-state index in [-0.39, 0.29) is 22.8 Å². The molecule has 5 heterocycles. The van der Waals surface area contributed by atoms with Gasteiger partial charge in [0.05, 0.1) is 34.7 Å². The molecule has 0 aliphatic carbocycles. The highest BCUT2D eigenvalue weighted by Gasteiger charge is 2.67. The summed E-state index contributed by atoms with van der Waals surface area (Å²) < 4.78 is 5.79. The van der Waals surface area contributed by atoms with E-state index in [2.05, 4.69) is 15.1 Å². The highest BCUT2D eigenvalue weighted by molar-refractivity contribution is 6.30. The molecule has 4 unspecified atom stereocenters. The van der Waals surface area contributed by atoms with Gasteiger partial charge in [0.25, 0.3) is 11.8 Å². The quantitative estimate of drug-likeness (QED) is 0.253. The van der Waals surface area contributed by atoms with Crippen LogP contribution >= 0.6 is 11.6 Å². The summed E-state index contributed by atoms with van der Waals surface area (Å²) in [6, 6.07) is 23.2. The molecule has 2 aromatic heterocycles. The summed E-state index contributed by atoms with van der Waals surface area (Å²) in [7, 11) is 0. The molecule has 220 valence electrons. The molecule has 0 saturated carbocycles. The number of carbonyl (C=O) groups is 4. The van der Waals surface area contributed by atoms with Crippen LogP contribution in [-0.2, 0) is 9.59 Å². The van der Waals surface area contributed by atoms with Gasteiger partial charge in [-0.2, -0.15) is 9.99 Å². The maximum Gasteiger partial charge on any atom is 0.276 e. The minimum absolute atomic E-state index is 0.0407. The highest BCUT2D eigenvalue weighted by Crippen LogP contribution is 2.57. The van der Waals surface area contributed by atoms with Gasteiger partial charge in [0.1, 0.15) is 6.04 Å². The van der Waals surface area contributed by atoms with Gasteiger partial charge in [-0.3, -0.25) is 24.2 Å². The Morgan fingerprint density at radius 1 is 0.733 bits per heavy atom. The normalized spacial score (nSPS) is 22.8. The van der Waals surface area contributed by atoms with Crippen molar-refractivity contribution in [3.8, 4) is 11.4 Å². The van der Waals surface area contributed by atoms with E-state index in [1.54, 1.807) is 103 Å². The second kappa shape index (κ2) is 10.3. The fourth-order valence-corrected chi connectivity index (χ4v) is 6.83. The summed E-state index contributed by atoms with van der Waals surface area (Å²) in [6.45, 7) is 0. The number of benzene rings is 3. The minimum atomic E-state index is -1.18. The van der Waals surface area contributed by atoms with Gasteiger partial charge in [0.15, 0.2) is 0 Å². The first-order valence-corrected chi connectivity index (χ1v) is 14.5. The third kappa shape index (κ3) is 4.05. The number of para-hydroxylation sites is 1. The molecule has 2 fully saturated rings. The van der Waals surface area contributed by atoms with Crippen LogP contribution in [0.1, 0.15) is 44.3 Å². The SMILES string of the molecule is O=C1C2C(C(=O)N1c1ccccc1)C(c1nc(-c3cccnc3)no1)N(N1C(=O)c3ccccc3C1=O)C2c1cccc(Cl)c1. The predicted octanol–water partition coefficient (Wildman–Crippen LogP) is 4.90. The Morgan fingerprint density at radius 3 is 2.09 bits per heavy atom. The lowest BCUT2D eigenvalue weighted by Crippen LogP contribution is -2.50. The topological polar surface area (TPSA) is 130 Å². The zero-order valence-corrected chi connectivity index (χ0v) is 24.0.